The number of hydrogen-bond acceptors (Lipinski definition) is 12. The van der Waals surface area contributed by atoms with Gasteiger partial charge in [-0.3, -0.25) is 14.1 Å². The highest BCUT2D eigenvalue weighted by Gasteiger charge is 2.28. The van der Waals surface area contributed by atoms with Gasteiger partial charge in [-0.15, -0.1) is 0 Å². The van der Waals surface area contributed by atoms with Gasteiger partial charge in [0.1, 0.15) is 29.3 Å². The van der Waals surface area contributed by atoms with Gasteiger partial charge in [-0.1, -0.05) is 42.2 Å². The van der Waals surface area contributed by atoms with Crippen LogP contribution in [0.2, 0.25) is 0 Å². The van der Waals surface area contributed by atoms with Crippen LogP contribution in [0.3, 0.4) is 0 Å². The monoisotopic (exact) mass is 1060 g/mol. The van der Waals surface area contributed by atoms with Crippen molar-refractivity contribution in [3.8, 4) is 34.3 Å². The molecule has 0 spiro atoms. The van der Waals surface area contributed by atoms with Crippen molar-refractivity contribution in [2.45, 2.75) is 56.9 Å². The van der Waals surface area contributed by atoms with Gasteiger partial charge in [0, 0.05) is 90.0 Å². The van der Waals surface area contributed by atoms with Crippen molar-refractivity contribution in [2.75, 3.05) is 102 Å². The van der Waals surface area contributed by atoms with E-state index in [1.807, 2.05) is 113 Å². The molecule has 0 bridgehead atoms. The Morgan fingerprint density at radius 3 is 2.05 bits per heavy atom. The number of rotatable bonds is 27. The number of anilines is 2. The highest BCUT2D eigenvalue weighted by Crippen LogP contribution is 2.43. The zero-order valence-corrected chi connectivity index (χ0v) is 44.6. The molecular weight excluding hydrogens is 999 g/mol. The number of carbonyl (C=O) groups excluding carboxylic acids is 2. The summed E-state index contributed by atoms with van der Waals surface area (Å²) in [4.78, 5) is 29.1. The third-order valence-corrected chi connectivity index (χ3v) is 15.1. The molecule has 0 aromatic heterocycles. The number of sulfonamides is 1. The average Bonchev–Trinajstić information content (AvgIpc) is 3.40. The van der Waals surface area contributed by atoms with E-state index in [0.29, 0.717) is 47.6 Å². The van der Waals surface area contributed by atoms with Crippen molar-refractivity contribution in [2.24, 2.45) is 0 Å². The van der Waals surface area contributed by atoms with Crippen LogP contribution in [0.5, 0.6) is 0 Å². The average molecular weight is 1070 g/mol. The molecular formula is C56H66N5O12S2+. The predicted molar refractivity (Wildman–Crippen MR) is 289 cm³/mol. The molecule has 0 radical (unpaired) electrons. The lowest BCUT2D eigenvalue weighted by Gasteiger charge is -2.26. The fourth-order valence-electron chi connectivity index (χ4n) is 8.82. The van der Waals surface area contributed by atoms with E-state index in [9.17, 15) is 31.0 Å². The van der Waals surface area contributed by atoms with Crippen molar-refractivity contribution >= 4 is 54.3 Å². The Morgan fingerprint density at radius 2 is 1.36 bits per heavy atom. The smallest absolute Gasteiger partial charge is 0.295 e. The second-order valence-electron chi connectivity index (χ2n) is 17.4. The zero-order chi connectivity index (χ0) is 53.4. The largest absolute Gasteiger partial charge is 0.456 e. The van der Waals surface area contributed by atoms with Crippen LogP contribution in [0, 0.1) is 11.8 Å². The SMILES string of the molecule is CCN(CC)c1ccc2c(-c3cc(S(=O)(=O)NCCOCCOCCOCCOCCC(=O)NCCC(=O)N4Cc5ccccc5C#Cc5ccccc54)ccc3S(=O)(=O)O)c3ccc(=[N+](CC)CC)cc-3oc2c1. The van der Waals surface area contributed by atoms with E-state index in [-0.39, 0.29) is 87.8 Å². The first-order chi connectivity index (χ1) is 36.3. The molecule has 2 heterocycles. The van der Waals surface area contributed by atoms with Gasteiger partial charge in [-0.25, -0.2) is 17.7 Å². The standard InChI is InChI=1S/C56H65N5O12S2/c1-5-59(6-2)44-19-22-47-51(37-44)73-52-38-45(60(7-3)8-4)20-23-48(52)56(47)49-39-46(21-24-53(49)75(66,67)68)74(64,65)58-28-30-70-32-34-72-36-35-71-33-31-69-29-26-54(62)57-27-25-55(63)61-40-43-15-10-9-13-41(43)17-18-42-14-11-12-16-50(42)61/h9-16,19-24,37-39,58H,5-8,25-36,40H2,1-4H3,(H-,57,62,66,67,68)/p+1. The van der Waals surface area contributed by atoms with Crippen LogP contribution in [0.25, 0.3) is 33.4 Å². The lowest BCUT2D eigenvalue weighted by Crippen LogP contribution is -2.35. The Kier molecular flexibility index (Phi) is 20.1. The van der Waals surface area contributed by atoms with Crippen LogP contribution < -0.4 is 29.8 Å². The van der Waals surface area contributed by atoms with Gasteiger partial charge in [0.25, 0.3) is 10.1 Å². The highest BCUT2D eigenvalue weighted by atomic mass is 32.2. The van der Waals surface area contributed by atoms with E-state index in [1.54, 1.807) is 4.90 Å². The molecule has 3 N–H and O–H groups in total. The molecule has 19 heteroatoms. The van der Waals surface area contributed by atoms with Crippen LogP contribution in [0.1, 0.15) is 57.2 Å². The van der Waals surface area contributed by atoms with Crippen LogP contribution in [-0.4, -0.2) is 125 Å². The maximum atomic E-state index is 13.7. The molecule has 2 amide bonds. The Labute approximate surface area is 439 Å². The van der Waals surface area contributed by atoms with Crippen molar-refractivity contribution in [3.05, 3.63) is 125 Å². The summed E-state index contributed by atoms with van der Waals surface area (Å²) in [5.41, 5.74) is 5.63. The van der Waals surface area contributed by atoms with Crippen LogP contribution in [-0.2, 0) is 55.2 Å². The molecule has 3 aliphatic rings. The summed E-state index contributed by atoms with van der Waals surface area (Å²) in [6.45, 7) is 13.5. The summed E-state index contributed by atoms with van der Waals surface area (Å²) in [5, 5.41) is 4.24. The lowest BCUT2D eigenvalue weighted by molar-refractivity contribution is -0.122. The van der Waals surface area contributed by atoms with Gasteiger partial charge >= 0.3 is 0 Å². The van der Waals surface area contributed by atoms with Gasteiger partial charge in [-0.05, 0) is 87.9 Å². The second kappa shape index (κ2) is 26.8. The van der Waals surface area contributed by atoms with Gasteiger partial charge in [0.05, 0.1) is 76.0 Å². The number of carbonyl (C=O) groups is 2. The van der Waals surface area contributed by atoms with E-state index in [2.05, 4.69) is 31.4 Å². The summed E-state index contributed by atoms with van der Waals surface area (Å²) in [5.74, 6) is 6.52. The van der Waals surface area contributed by atoms with E-state index in [0.717, 1.165) is 71.7 Å². The molecule has 0 saturated heterocycles. The Balaban J connectivity index is 0.820. The van der Waals surface area contributed by atoms with Gasteiger partial charge < -0.3 is 38.5 Å². The Hall–Kier alpha value is -6.47. The molecule has 4 aromatic carbocycles. The molecule has 7 rings (SSSR count). The first-order valence-corrected chi connectivity index (χ1v) is 28.2. The molecule has 1 aliphatic carbocycles. The molecule has 4 aromatic rings. The third-order valence-electron chi connectivity index (χ3n) is 12.7. The molecule has 0 fully saturated rings. The second-order valence-corrected chi connectivity index (χ2v) is 20.6. The zero-order valence-electron chi connectivity index (χ0n) is 42.9. The predicted octanol–water partition coefficient (Wildman–Crippen LogP) is 6.30. The van der Waals surface area contributed by atoms with E-state index in [4.69, 9.17) is 23.4 Å². The van der Waals surface area contributed by atoms with Crippen molar-refractivity contribution < 1.29 is 54.3 Å². The molecule has 17 nitrogen and oxygen atoms in total. The molecule has 0 atom stereocenters. The third kappa shape index (κ3) is 14.7. The fourth-order valence-corrected chi connectivity index (χ4v) is 10.5. The Bertz CT molecular complexity index is 3280. The number of nitrogens with one attached hydrogen (secondary N) is 2. The minimum absolute atomic E-state index is 0.000530. The number of nitrogens with zero attached hydrogens (tertiary/aromatic N) is 3. The summed E-state index contributed by atoms with van der Waals surface area (Å²) in [6.07, 6.45) is 0.265. The number of ether oxygens (including phenoxy) is 4. The first kappa shape index (κ1) is 56.3. The van der Waals surface area contributed by atoms with Crippen molar-refractivity contribution in [3.63, 3.8) is 0 Å². The van der Waals surface area contributed by atoms with Crippen molar-refractivity contribution in [1.29, 1.82) is 0 Å². The summed E-state index contributed by atoms with van der Waals surface area (Å²) in [7, 11) is -9.03. The number of hydrogen-bond donors (Lipinski definition) is 3. The van der Waals surface area contributed by atoms with E-state index < -0.39 is 25.0 Å². The molecule has 0 unspecified atom stereocenters. The molecule has 398 valence electrons. The van der Waals surface area contributed by atoms with Gasteiger partial charge in [0.2, 0.25) is 27.2 Å². The maximum absolute atomic E-state index is 13.7. The highest BCUT2D eigenvalue weighted by molar-refractivity contribution is 7.89. The summed E-state index contributed by atoms with van der Waals surface area (Å²) < 4.78 is 97.3. The molecule has 2 aliphatic heterocycles. The number of amides is 2. The molecule has 0 saturated carbocycles. The normalized spacial score (nSPS) is 12.4. The van der Waals surface area contributed by atoms with Crippen LogP contribution in [0.15, 0.2) is 117 Å². The quantitative estimate of drug-likeness (QED) is 0.0171. The van der Waals surface area contributed by atoms with Gasteiger partial charge in [0.15, 0.2) is 0 Å². The topological polar surface area (TPSA) is 206 Å². The van der Waals surface area contributed by atoms with E-state index >= 15 is 0 Å². The first-order valence-electron chi connectivity index (χ1n) is 25.3. The Morgan fingerprint density at radius 1 is 0.707 bits per heavy atom. The summed E-state index contributed by atoms with van der Waals surface area (Å²) >= 11 is 0. The van der Waals surface area contributed by atoms with Crippen LogP contribution in [0.4, 0.5) is 11.4 Å². The lowest BCUT2D eigenvalue weighted by atomic mass is 9.93. The summed E-state index contributed by atoms with van der Waals surface area (Å²) in [6, 6.07) is 30.1. The fraction of sp³-hybridized carbons (Fsp3) is 0.375. The number of para-hydroxylation sites is 1. The molecule has 75 heavy (non-hydrogen) atoms. The maximum Gasteiger partial charge on any atom is 0.295 e. The van der Waals surface area contributed by atoms with Crippen molar-refractivity contribution in [1.82, 2.24) is 14.6 Å². The van der Waals surface area contributed by atoms with Crippen LogP contribution >= 0.6 is 0 Å². The van der Waals surface area contributed by atoms with E-state index in [1.165, 1.54) is 6.07 Å². The minimum atomic E-state index is -4.83. The number of fused-ring (bicyclic) bond motifs is 4. The minimum Gasteiger partial charge on any atom is -0.456 e. The van der Waals surface area contributed by atoms with Gasteiger partial charge in [-0.2, -0.15) is 8.42 Å². The number of benzene rings is 5.